The number of halogens is 3. The van der Waals surface area contributed by atoms with Crippen LogP contribution in [0, 0.1) is 20.2 Å². The van der Waals surface area contributed by atoms with Crippen molar-refractivity contribution in [3.05, 3.63) is 67.1 Å². The second kappa shape index (κ2) is 6.62. The molecule has 26 heavy (non-hydrogen) atoms. The van der Waals surface area contributed by atoms with Gasteiger partial charge in [-0.25, -0.2) is 4.98 Å². The van der Waals surface area contributed by atoms with Crippen LogP contribution in [0.25, 0.3) is 6.20 Å². The molecule has 1 aromatic heterocycles. The van der Waals surface area contributed by atoms with Crippen LogP contribution in [0.2, 0.25) is 0 Å². The van der Waals surface area contributed by atoms with Gasteiger partial charge < -0.3 is 5.32 Å². The number of non-ortho nitro benzene ring substituents is 1. The number of anilines is 2. The topological polar surface area (TPSA) is 133 Å². The van der Waals surface area contributed by atoms with Crippen molar-refractivity contribution in [3.63, 3.8) is 0 Å². The fraction of sp³-hybridized carbons (Fsp3) is 0.0769. The average Bonchev–Trinajstić information content (AvgIpc) is 2.53. The van der Waals surface area contributed by atoms with Gasteiger partial charge in [0.1, 0.15) is 5.69 Å². The SMILES string of the molecule is C=Cn1c(Nc2ccc([N+](=O)[O-])cc2[N+](=O)[O-])nc(C(F)(F)F)cc1=O. The molecule has 10 nitrogen and oxygen atoms in total. The lowest BCUT2D eigenvalue weighted by Gasteiger charge is -2.13. The Hall–Kier alpha value is -3.77. The summed E-state index contributed by atoms with van der Waals surface area (Å²) < 4.78 is 39.1. The summed E-state index contributed by atoms with van der Waals surface area (Å²) in [6, 6.07) is 2.67. The molecule has 0 aliphatic heterocycles. The van der Waals surface area contributed by atoms with Gasteiger partial charge in [0.05, 0.1) is 15.9 Å². The zero-order valence-electron chi connectivity index (χ0n) is 12.6. The van der Waals surface area contributed by atoms with E-state index in [0.29, 0.717) is 10.6 Å². The molecule has 2 rings (SSSR count). The van der Waals surface area contributed by atoms with Gasteiger partial charge in [0, 0.05) is 18.3 Å². The summed E-state index contributed by atoms with van der Waals surface area (Å²) in [7, 11) is 0. The third kappa shape index (κ3) is 3.66. The number of hydrogen-bond acceptors (Lipinski definition) is 7. The Balaban J connectivity index is 2.63. The second-order valence-electron chi connectivity index (χ2n) is 4.69. The molecule has 0 fully saturated rings. The van der Waals surface area contributed by atoms with Crippen LogP contribution >= 0.6 is 0 Å². The molecule has 1 N–H and O–H groups in total. The Morgan fingerprint density at radius 3 is 2.35 bits per heavy atom. The fourth-order valence-electron chi connectivity index (χ4n) is 1.91. The van der Waals surface area contributed by atoms with Crippen molar-refractivity contribution in [2.24, 2.45) is 0 Å². The highest BCUT2D eigenvalue weighted by Crippen LogP contribution is 2.32. The van der Waals surface area contributed by atoms with Crippen molar-refractivity contribution in [1.82, 2.24) is 9.55 Å². The van der Waals surface area contributed by atoms with E-state index in [4.69, 9.17) is 0 Å². The quantitative estimate of drug-likeness (QED) is 0.631. The van der Waals surface area contributed by atoms with Crippen molar-refractivity contribution in [1.29, 1.82) is 0 Å². The number of alkyl halides is 3. The zero-order valence-corrected chi connectivity index (χ0v) is 12.6. The van der Waals surface area contributed by atoms with Gasteiger partial charge in [-0.3, -0.25) is 29.6 Å². The Labute approximate surface area is 141 Å². The van der Waals surface area contributed by atoms with Crippen LogP contribution in [0.3, 0.4) is 0 Å². The van der Waals surface area contributed by atoms with E-state index in [2.05, 4.69) is 16.9 Å². The molecule has 0 spiro atoms. The molecule has 2 aromatic rings. The minimum atomic E-state index is -4.93. The van der Waals surface area contributed by atoms with E-state index in [1.54, 1.807) is 0 Å². The first kappa shape index (κ1) is 18.6. The molecular weight excluding hydrogens is 363 g/mol. The highest BCUT2D eigenvalue weighted by Gasteiger charge is 2.34. The summed E-state index contributed by atoms with van der Waals surface area (Å²) in [4.78, 5) is 35.0. The molecule has 0 unspecified atom stereocenters. The smallest absolute Gasteiger partial charge is 0.319 e. The Kier molecular flexibility index (Phi) is 4.73. The number of benzene rings is 1. The standard InChI is InChI=1S/C13H8F3N5O5/c1-2-19-11(22)6-10(13(14,15)16)18-12(19)17-8-4-3-7(20(23)24)5-9(8)21(25)26/h2-6H,1H2,(H,17,18). The van der Waals surface area contributed by atoms with Gasteiger partial charge in [0.15, 0.2) is 5.69 Å². The van der Waals surface area contributed by atoms with E-state index in [-0.39, 0.29) is 6.07 Å². The monoisotopic (exact) mass is 371 g/mol. The van der Waals surface area contributed by atoms with Gasteiger partial charge in [-0.15, -0.1) is 0 Å². The first-order valence-electron chi connectivity index (χ1n) is 6.57. The van der Waals surface area contributed by atoms with E-state index >= 15 is 0 Å². The predicted molar refractivity (Wildman–Crippen MR) is 82.9 cm³/mol. The Morgan fingerprint density at radius 1 is 1.19 bits per heavy atom. The van der Waals surface area contributed by atoms with Gasteiger partial charge in [-0.1, -0.05) is 6.58 Å². The molecule has 136 valence electrons. The highest BCUT2D eigenvalue weighted by atomic mass is 19.4. The van der Waals surface area contributed by atoms with E-state index in [0.717, 1.165) is 18.3 Å². The van der Waals surface area contributed by atoms with Gasteiger partial charge in [0.25, 0.3) is 16.9 Å². The predicted octanol–water partition coefficient (Wildman–Crippen LogP) is 2.92. The molecule has 0 saturated heterocycles. The van der Waals surface area contributed by atoms with Crippen LogP contribution in [0.5, 0.6) is 0 Å². The van der Waals surface area contributed by atoms with Gasteiger partial charge in [-0.05, 0) is 6.07 Å². The maximum absolute atomic E-state index is 12.8. The maximum atomic E-state index is 12.8. The van der Waals surface area contributed by atoms with Gasteiger partial charge in [-0.2, -0.15) is 13.2 Å². The lowest BCUT2D eigenvalue weighted by molar-refractivity contribution is -0.393. The number of nitro groups is 2. The molecule has 0 aliphatic carbocycles. The van der Waals surface area contributed by atoms with E-state index < -0.39 is 50.3 Å². The molecule has 13 heteroatoms. The summed E-state index contributed by atoms with van der Waals surface area (Å²) in [6.07, 6.45) is -4.08. The number of hydrogen-bond donors (Lipinski definition) is 1. The Morgan fingerprint density at radius 2 is 1.85 bits per heavy atom. The fourth-order valence-corrected chi connectivity index (χ4v) is 1.91. The first-order valence-corrected chi connectivity index (χ1v) is 6.57. The lowest BCUT2D eigenvalue weighted by atomic mass is 10.2. The summed E-state index contributed by atoms with van der Waals surface area (Å²) in [6.45, 7) is 3.26. The molecule has 1 aromatic carbocycles. The van der Waals surface area contributed by atoms with E-state index in [1.807, 2.05) is 0 Å². The van der Waals surface area contributed by atoms with Crippen molar-refractivity contribution in [2.45, 2.75) is 6.18 Å². The summed E-state index contributed by atoms with van der Waals surface area (Å²) >= 11 is 0. The number of nitro benzene ring substituents is 2. The number of nitrogens with one attached hydrogen (secondary N) is 1. The molecule has 0 saturated carbocycles. The number of rotatable bonds is 5. The third-order valence-electron chi connectivity index (χ3n) is 3.06. The minimum Gasteiger partial charge on any atom is -0.319 e. The summed E-state index contributed by atoms with van der Waals surface area (Å²) in [5.41, 5.74) is -4.44. The van der Waals surface area contributed by atoms with Gasteiger partial charge >= 0.3 is 6.18 Å². The molecule has 0 aliphatic rings. The van der Waals surface area contributed by atoms with Crippen LogP contribution in [-0.2, 0) is 6.18 Å². The first-order chi connectivity index (χ1) is 12.0. The molecule has 0 bridgehead atoms. The average molecular weight is 371 g/mol. The summed E-state index contributed by atoms with van der Waals surface area (Å²) in [5.74, 6) is -0.697. The van der Waals surface area contributed by atoms with Crippen molar-refractivity contribution >= 4 is 29.2 Å². The van der Waals surface area contributed by atoms with Crippen molar-refractivity contribution < 1.29 is 23.0 Å². The third-order valence-corrected chi connectivity index (χ3v) is 3.06. The minimum absolute atomic E-state index is 0.233. The van der Waals surface area contributed by atoms with Crippen LogP contribution in [0.4, 0.5) is 36.2 Å². The molecule has 0 amide bonds. The highest BCUT2D eigenvalue weighted by molar-refractivity contribution is 5.70. The molecule has 0 atom stereocenters. The van der Waals surface area contributed by atoms with Crippen LogP contribution < -0.4 is 10.9 Å². The second-order valence-corrected chi connectivity index (χ2v) is 4.69. The van der Waals surface area contributed by atoms with E-state index in [1.165, 1.54) is 0 Å². The largest absolute Gasteiger partial charge is 0.433 e. The van der Waals surface area contributed by atoms with E-state index in [9.17, 15) is 38.2 Å². The summed E-state index contributed by atoms with van der Waals surface area (Å²) in [5, 5.41) is 24.0. The molecule has 1 heterocycles. The lowest BCUT2D eigenvalue weighted by Crippen LogP contribution is -2.23. The Bertz CT molecular complexity index is 970. The van der Waals surface area contributed by atoms with Crippen molar-refractivity contribution in [3.8, 4) is 0 Å². The van der Waals surface area contributed by atoms with Crippen LogP contribution in [0.15, 0.2) is 35.6 Å². The number of aromatic nitrogens is 2. The van der Waals surface area contributed by atoms with Gasteiger partial charge in [0.2, 0.25) is 5.95 Å². The normalized spacial score (nSPS) is 11.0. The van der Waals surface area contributed by atoms with Crippen LogP contribution in [-0.4, -0.2) is 19.4 Å². The number of nitrogens with zero attached hydrogens (tertiary/aromatic N) is 4. The molecule has 0 radical (unpaired) electrons. The zero-order chi connectivity index (χ0) is 19.6. The van der Waals surface area contributed by atoms with Crippen molar-refractivity contribution in [2.75, 3.05) is 5.32 Å². The maximum Gasteiger partial charge on any atom is 0.433 e. The van der Waals surface area contributed by atoms with Crippen LogP contribution in [0.1, 0.15) is 5.69 Å². The molecular formula is C13H8F3N5O5.